The van der Waals surface area contributed by atoms with Gasteiger partial charge in [0.05, 0.1) is 12.6 Å². The summed E-state index contributed by atoms with van der Waals surface area (Å²) in [6.45, 7) is 2.25. The topological polar surface area (TPSA) is 46.6 Å². The second-order valence-electron chi connectivity index (χ2n) is 4.32. The van der Waals surface area contributed by atoms with Gasteiger partial charge in [0.15, 0.2) is 0 Å². The number of esters is 1. The predicted octanol–water partition coefficient (Wildman–Crippen LogP) is 2.70. The molecule has 1 unspecified atom stereocenters. The Kier molecular flexibility index (Phi) is 5.75. The molecule has 0 saturated carbocycles. The molecule has 0 aliphatic rings. The van der Waals surface area contributed by atoms with Crippen molar-refractivity contribution in [2.24, 2.45) is 0 Å². The van der Waals surface area contributed by atoms with Gasteiger partial charge in [0.1, 0.15) is 6.54 Å². The molecule has 1 rings (SSSR count). The summed E-state index contributed by atoms with van der Waals surface area (Å²) in [5, 5.41) is 0. The lowest BCUT2D eigenvalue weighted by molar-refractivity contribution is -0.189. The highest BCUT2D eigenvalue weighted by molar-refractivity contribution is 5.86. The molecule has 1 atom stereocenters. The maximum Gasteiger partial charge on any atom is 0.471 e. The van der Waals surface area contributed by atoms with Crippen molar-refractivity contribution >= 4 is 11.9 Å². The summed E-state index contributed by atoms with van der Waals surface area (Å²) in [6.07, 6.45) is -5.05. The molecule has 0 N–H and O–H groups in total. The molecule has 1 aromatic rings. The van der Waals surface area contributed by atoms with E-state index in [1.807, 2.05) is 0 Å². The maximum absolute atomic E-state index is 12.7. The number of alkyl halides is 3. The minimum absolute atomic E-state index is 0.0343. The molecule has 1 amide bonds. The van der Waals surface area contributed by atoms with Crippen molar-refractivity contribution in [3.8, 4) is 0 Å². The molecule has 21 heavy (non-hydrogen) atoms. The Labute approximate surface area is 120 Å². The molecular formula is C14H16F3NO3. The van der Waals surface area contributed by atoms with Crippen molar-refractivity contribution in [2.75, 3.05) is 13.2 Å². The molecule has 0 fully saturated rings. The third-order valence-electron chi connectivity index (χ3n) is 2.86. The molecular weight excluding hydrogens is 287 g/mol. The molecule has 0 aliphatic carbocycles. The zero-order valence-corrected chi connectivity index (χ0v) is 11.7. The molecule has 4 nitrogen and oxygen atoms in total. The zero-order chi connectivity index (χ0) is 16.0. The highest BCUT2D eigenvalue weighted by Gasteiger charge is 2.44. The lowest BCUT2D eigenvalue weighted by Crippen LogP contribution is -2.45. The van der Waals surface area contributed by atoms with E-state index in [0.29, 0.717) is 10.5 Å². The Morgan fingerprint density at radius 1 is 1.24 bits per heavy atom. The summed E-state index contributed by atoms with van der Waals surface area (Å²) in [5.74, 6) is -2.94. The second kappa shape index (κ2) is 7.10. The van der Waals surface area contributed by atoms with Crippen LogP contribution in [0.25, 0.3) is 0 Å². The van der Waals surface area contributed by atoms with Crippen LogP contribution in [0.4, 0.5) is 13.2 Å². The molecule has 116 valence electrons. The van der Waals surface area contributed by atoms with E-state index in [-0.39, 0.29) is 6.61 Å². The summed E-state index contributed by atoms with van der Waals surface area (Å²) in [7, 11) is 0. The normalized spacial score (nSPS) is 12.6. The first-order chi connectivity index (χ1) is 9.77. The van der Waals surface area contributed by atoms with E-state index in [1.165, 1.54) is 13.8 Å². The smallest absolute Gasteiger partial charge is 0.465 e. The Balaban J connectivity index is 3.01. The van der Waals surface area contributed by atoms with Crippen molar-refractivity contribution in [1.82, 2.24) is 4.90 Å². The fourth-order valence-corrected chi connectivity index (χ4v) is 1.80. The first-order valence-corrected chi connectivity index (χ1v) is 6.35. The second-order valence-corrected chi connectivity index (χ2v) is 4.32. The maximum atomic E-state index is 12.7. The van der Waals surface area contributed by atoms with Gasteiger partial charge in [0.25, 0.3) is 0 Å². The number of halogens is 3. The number of amides is 1. The van der Waals surface area contributed by atoms with Crippen LogP contribution in [0.5, 0.6) is 0 Å². The van der Waals surface area contributed by atoms with Gasteiger partial charge in [0, 0.05) is 0 Å². The lowest BCUT2D eigenvalue weighted by atomic mass is 10.1. The van der Waals surface area contributed by atoms with Gasteiger partial charge in [-0.05, 0) is 19.4 Å². The standard InChI is InChI=1S/C14H16F3NO3/c1-3-21-12(19)9-18(13(20)14(15,16)17)10(2)11-7-5-4-6-8-11/h4-8,10H,3,9H2,1-2H3. The number of benzene rings is 1. The Hall–Kier alpha value is -2.05. The third-order valence-corrected chi connectivity index (χ3v) is 2.86. The van der Waals surface area contributed by atoms with Crippen LogP contribution in [0.3, 0.4) is 0 Å². The van der Waals surface area contributed by atoms with Gasteiger partial charge in [0.2, 0.25) is 0 Å². The van der Waals surface area contributed by atoms with Gasteiger partial charge < -0.3 is 9.64 Å². The number of hydrogen-bond donors (Lipinski definition) is 0. The molecule has 0 bridgehead atoms. The summed E-state index contributed by atoms with van der Waals surface area (Å²) in [4.78, 5) is 23.4. The molecule has 0 spiro atoms. The van der Waals surface area contributed by atoms with Gasteiger partial charge >= 0.3 is 18.1 Å². The van der Waals surface area contributed by atoms with E-state index >= 15 is 0 Å². The molecule has 0 aromatic heterocycles. The summed E-state index contributed by atoms with van der Waals surface area (Å²) in [6, 6.07) is 7.28. The molecule has 0 saturated heterocycles. The van der Waals surface area contributed by atoms with E-state index in [9.17, 15) is 22.8 Å². The molecule has 0 radical (unpaired) electrons. The van der Waals surface area contributed by atoms with Crippen molar-refractivity contribution in [3.05, 3.63) is 35.9 Å². The van der Waals surface area contributed by atoms with Crippen LogP contribution < -0.4 is 0 Å². The van der Waals surface area contributed by atoms with Crippen molar-refractivity contribution in [1.29, 1.82) is 0 Å². The number of carbonyl (C=O) groups excluding carboxylic acids is 2. The quantitative estimate of drug-likeness (QED) is 0.786. The first-order valence-electron chi connectivity index (χ1n) is 6.35. The zero-order valence-electron chi connectivity index (χ0n) is 11.7. The first kappa shape index (κ1) is 17.0. The summed E-state index contributed by atoms with van der Waals surface area (Å²) in [5.41, 5.74) is 0.499. The average molecular weight is 303 g/mol. The average Bonchev–Trinajstić information content (AvgIpc) is 2.43. The van der Waals surface area contributed by atoms with Crippen LogP contribution in [0, 0.1) is 0 Å². The van der Waals surface area contributed by atoms with Gasteiger partial charge in [-0.15, -0.1) is 0 Å². The lowest BCUT2D eigenvalue weighted by Gasteiger charge is -2.29. The third kappa shape index (κ3) is 4.77. The largest absolute Gasteiger partial charge is 0.471 e. The fraction of sp³-hybridized carbons (Fsp3) is 0.429. The number of rotatable bonds is 5. The molecule has 0 heterocycles. The SMILES string of the molecule is CCOC(=O)CN(C(=O)C(F)(F)F)C(C)c1ccccc1. The molecule has 1 aromatic carbocycles. The van der Waals surface area contributed by atoms with Crippen LogP contribution >= 0.6 is 0 Å². The van der Waals surface area contributed by atoms with E-state index in [0.717, 1.165) is 0 Å². The van der Waals surface area contributed by atoms with E-state index in [2.05, 4.69) is 4.74 Å². The Morgan fingerprint density at radius 3 is 2.29 bits per heavy atom. The molecule has 0 aliphatic heterocycles. The number of hydrogen-bond acceptors (Lipinski definition) is 3. The predicted molar refractivity (Wildman–Crippen MR) is 69.3 cm³/mol. The minimum atomic E-state index is -5.05. The van der Waals surface area contributed by atoms with Crippen LogP contribution in [0.1, 0.15) is 25.5 Å². The summed E-state index contributed by atoms with van der Waals surface area (Å²) < 4.78 is 42.6. The van der Waals surface area contributed by atoms with Crippen LogP contribution in [0.2, 0.25) is 0 Å². The van der Waals surface area contributed by atoms with Crippen LogP contribution in [-0.2, 0) is 14.3 Å². The van der Waals surface area contributed by atoms with Crippen molar-refractivity contribution < 1.29 is 27.5 Å². The minimum Gasteiger partial charge on any atom is -0.465 e. The Bertz CT molecular complexity index is 488. The van der Waals surface area contributed by atoms with Gasteiger partial charge in [-0.25, -0.2) is 0 Å². The monoisotopic (exact) mass is 303 g/mol. The number of nitrogens with zero attached hydrogens (tertiary/aromatic N) is 1. The van der Waals surface area contributed by atoms with E-state index in [4.69, 9.17) is 0 Å². The van der Waals surface area contributed by atoms with Crippen molar-refractivity contribution in [2.45, 2.75) is 26.1 Å². The van der Waals surface area contributed by atoms with Gasteiger partial charge in [-0.2, -0.15) is 13.2 Å². The summed E-state index contributed by atoms with van der Waals surface area (Å²) >= 11 is 0. The molecule has 7 heteroatoms. The van der Waals surface area contributed by atoms with E-state index < -0.39 is 30.6 Å². The van der Waals surface area contributed by atoms with Gasteiger partial charge in [-0.3, -0.25) is 9.59 Å². The van der Waals surface area contributed by atoms with Crippen LogP contribution in [-0.4, -0.2) is 36.1 Å². The number of carbonyl (C=O) groups is 2. The fourth-order valence-electron chi connectivity index (χ4n) is 1.80. The van der Waals surface area contributed by atoms with Crippen molar-refractivity contribution in [3.63, 3.8) is 0 Å². The van der Waals surface area contributed by atoms with E-state index in [1.54, 1.807) is 30.3 Å². The highest BCUT2D eigenvalue weighted by Crippen LogP contribution is 2.26. The van der Waals surface area contributed by atoms with Crippen LogP contribution in [0.15, 0.2) is 30.3 Å². The highest BCUT2D eigenvalue weighted by atomic mass is 19.4. The number of ether oxygens (including phenoxy) is 1. The van der Waals surface area contributed by atoms with Gasteiger partial charge in [-0.1, -0.05) is 30.3 Å². The Morgan fingerprint density at radius 2 is 1.81 bits per heavy atom.